The van der Waals surface area contributed by atoms with E-state index in [1.807, 2.05) is 48.2 Å². The summed E-state index contributed by atoms with van der Waals surface area (Å²) in [7, 11) is -3.40. The Bertz CT molecular complexity index is 965. The zero-order valence-corrected chi connectivity index (χ0v) is 17.0. The van der Waals surface area contributed by atoms with Crippen LogP contribution in [-0.2, 0) is 16.6 Å². The summed E-state index contributed by atoms with van der Waals surface area (Å²) >= 11 is 1.67. The summed E-state index contributed by atoms with van der Waals surface area (Å²) in [6, 6.07) is 13.3. The molecule has 2 heterocycles. The van der Waals surface area contributed by atoms with Crippen LogP contribution in [0, 0.1) is 13.8 Å². The minimum absolute atomic E-state index is 0.0839. The average molecular weight is 406 g/mol. The van der Waals surface area contributed by atoms with Crippen LogP contribution in [0.3, 0.4) is 0 Å². The van der Waals surface area contributed by atoms with Gasteiger partial charge in [-0.3, -0.25) is 4.68 Å². The Labute approximate surface area is 163 Å². The zero-order chi connectivity index (χ0) is 19.3. The second-order valence-corrected chi connectivity index (χ2v) is 9.00. The third-order valence-corrected chi connectivity index (χ3v) is 6.39. The average Bonchev–Trinajstić information content (AvgIpc) is 3.24. The van der Waals surface area contributed by atoms with Crippen LogP contribution in [0.2, 0.25) is 0 Å². The summed E-state index contributed by atoms with van der Waals surface area (Å²) < 4.78 is 34.2. The van der Waals surface area contributed by atoms with E-state index in [1.165, 1.54) is 4.88 Å². The number of aryl methyl sites for hydroxylation is 1. The molecule has 1 aromatic carbocycles. The summed E-state index contributed by atoms with van der Waals surface area (Å²) in [5.41, 5.74) is 3.12. The summed E-state index contributed by atoms with van der Waals surface area (Å²) in [4.78, 5) is 1.18. The molecule has 0 saturated carbocycles. The lowest BCUT2D eigenvalue weighted by Crippen LogP contribution is -2.32. The Balaban J connectivity index is 1.51. The Morgan fingerprint density at radius 1 is 1.15 bits per heavy atom. The lowest BCUT2D eigenvalue weighted by Gasteiger charge is -2.09. The standard InChI is InChI=1S/C19H23N3O3S2/c1-15-19(18-9-6-13-26-18)16(2)22(21-15)11-10-20-27(23,24)14-12-25-17-7-4-3-5-8-17/h3-9,13,20H,10-12,14H2,1-2H3. The van der Waals surface area contributed by atoms with Crippen LogP contribution in [-0.4, -0.2) is 37.1 Å². The van der Waals surface area contributed by atoms with Crippen LogP contribution in [0.25, 0.3) is 10.4 Å². The molecule has 0 aliphatic rings. The molecule has 0 amide bonds. The first-order chi connectivity index (χ1) is 13.0. The number of thiophene rings is 1. The minimum Gasteiger partial charge on any atom is -0.492 e. The molecule has 144 valence electrons. The van der Waals surface area contributed by atoms with E-state index in [1.54, 1.807) is 23.5 Å². The Kier molecular flexibility index (Phi) is 6.30. The lowest BCUT2D eigenvalue weighted by molar-refractivity contribution is 0.340. The molecule has 0 fully saturated rings. The lowest BCUT2D eigenvalue weighted by atomic mass is 10.1. The van der Waals surface area contributed by atoms with Gasteiger partial charge in [0.1, 0.15) is 12.4 Å². The molecule has 0 saturated heterocycles. The molecule has 0 aliphatic heterocycles. The van der Waals surface area contributed by atoms with Crippen molar-refractivity contribution in [1.82, 2.24) is 14.5 Å². The van der Waals surface area contributed by atoms with Gasteiger partial charge in [-0.05, 0) is 37.4 Å². The van der Waals surface area contributed by atoms with Gasteiger partial charge >= 0.3 is 0 Å². The fraction of sp³-hybridized carbons (Fsp3) is 0.316. The van der Waals surface area contributed by atoms with E-state index in [9.17, 15) is 8.42 Å². The van der Waals surface area contributed by atoms with Gasteiger partial charge in [0.05, 0.1) is 18.0 Å². The van der Waals surface area contributed by atoms with Gasteiger partial charge < -0.3 is 4.74 Å². The molecule has 0 radical (unpaired) electrons. The maximum absolute atomic E-state index is 12.1. The second kappa shape index (κ2) is 8.69. The normalized spacial score (nSPS) is 11.6. The fourth-order valence-electron chi connectivity index (χ4n) is 2.86. The predicted molar refractivity (Wildman–Crippen MR) is 109 cm³/mol. The van der Waals surface area contributed by atoms with E-state index in [2.05, 4.69) is 15.9 Å². The highest BCUT2D eigenvalue weighted by Crippen LogP contribution is 2.30. The quantitative estimate of drug-likeness (QED) is 0.593. The van der Waals surface area contributed by atoms with E-state index in [0.717, 1.165) is 17.0 Å². The van der Waals surface area contributed by atoms with Gasteiger partial charge in [0, 0.05) is 22.7 Å². The van der Waals surface area contributed by atoms with Crippen LogP contribution in [0.1, 0.15) is 11.4 Å². The molecule has 3 rings (SSSR count). The Morgan fingerprint density at radius 2 is 1.93 bits per heavy atom. The van der Waals surface area contributed by atoms with E-state index in [0.29, 0.717) is 18.8 Å². The van der Waals surface area contributed by atoms with Crippen molar-refractivity contribution in [3.63, 3.8) is 0 Å². The van der Waals surface area contributed by atoms with Crippen molar-refractivity contribution in [2.45, 2.75) is 20.4 Å². The van der Waals surface area contributed by atoms with E-state index >= 15 is 0 Å². The van der Waals surface area contributed by atoms with Gasteiger partial charge in [-0.15, -0.1) is 11.3 Å². The highest BCUT2D eigenvalue weighted by molar-refractivity contribution is 7.89. The largest absolute Gasteiger partial charge is 0.492 e. The Hall–Kier alpha value is -2.16. The van der Waals surface area contributed by atoms with Crippen molar-refractivity contribution in [3.8, 4) is 16.2 Å². The van der Waals surface area contributed by atoms with Crippen LogP contribution in [0.15, 0.2) is 47.8 Å². The van der Waals surface area contributed by atoms with Crippen LogP contribution in [0.5, 0.6) is 5.75 Å². The predicted octanol–water partition coefficient (Wildman–Crippen LogP) is 3.23. The number of hydrogen-bond donors (Lipinski definition) is 1. The van der Waals surface area contributed by atoms with Crippen molar-refractivity contribution >= 4 is 21.4 Å². The Morgan fingerprint density at radius 3 is 2.63 bits per heavy atom. The first-order valence-electron chi connectivity index (χ1n) is 8.69. The van der Waals surface area contributed by atoms with Crippen molar-refractivity contribution in [1.29, 1.82) is 0 Å². The summed E-state index contributed by atoms with van der Waals surface area (Å²) in [6.45, 7) is 4.87. The maximum Gasteiger partial charge on any atom is 0.215 e. The summed E-state index contributed by atoms with van der Waals surface area (Å²) in [5, 5.41) is 6.59. The number of benzene rings is 1. The number of nitrogens with zero attached hydrogens (tertiary/aromatic N) is 2. The number of ether oxygens (including phenoxy) is 1. The fourth-order valence-corrected chi connectivity index (χ4v) is 4.58. The van der Waals surface area contributed by atoms with Crippen LogP contribution >= 0.6 is 11.3 Å². The molecular weight excluding hydrogens is 382 g/mol. The van der Waals surface area contributed by atoms with Crippen molar-refractivity contribution in [2.75, 3.05) is 18.9 Å². The number of hydrogen-bond acceptors (Lipinski definition) is 5. The van der Waals surface area contributed by atoms with Gasteiger partial charge in [0.25, 0.3) is 0 Å². The number of rotatable bonds is 9. The number of nitrogens with one attached hydrogen (secondary N) is 1. The topological polar surface area (TPSA) is 73.2 Å². The minimum atomic E-state index is -3.40. The molecule has 0 atom stereocenters. The van der Waals surface area contributed by atoms with Crippen molar-refractivity contribution < 1.29 is 13.2 Å². The smallest absolute Gasteiger partial charge is 0.215 e. The first-order valence-corrected chi connectivity index (χ1v) is 11.2. The van der Waals surface area contributed by atoms with Crippen molar-refractivity contribution in [2.24, 2.45) is 0 Å². The first kappa shape index (κ1) is 19.6. The monoisotopic (exact) mass is 405 g/mol. The molecule has 3 aromatic rings. The van der Waals surface area contributed by atoms with Crippen molar-refractivity contribution in [3.05, 3.63) is 59.2 Å². The van der Waals surface area contributed by atoms with Gasteiger partial charge in [-0.1, -0.05) is 24.3 Å². The third-order valence-electron chi connectivity index (χ3n) is 4.16. The molecule has 0 spiro atoms. The molecule has 0 bridgehead atoms. The van der Waals surface area contributed by atoms with Gasteiger partial charge in [0.15, 0.2) is 0 Å². The van der Waals surface area contributed by atoms with Gasteiger partial charge in [-0.25, -0.2) is 13.1 Å². The highest BCUT2D eigenvalue weighted by Gasteiger charge is 2.15. The molecule has 0 unspecified atom stereocenters. The molecular formula is C19H23N3O3S2. The van der Waals surface area contributed by atoms with E-state index < -0.39 is 10.0 Å². The van der Waals surface area contributed by atoms with E-state index in [4.69, 9.17) is 4.74 Å². The molecule has 6 nitrogen and oxygen atoms in total. The van der Waals surface area contributed by atoms with E-state index in [-0.39, 0.29) is 12.4 Å². The summed E-state index contributed by atoms with van der Waals surface area (Å²) in [6.07, 6.45) is 0. The summed E-state index contributed by atoms with van der Waals surface area (Å²) in [5.74, 6) is 0.580. The van der Waals surface area contributed by atoms with Gasteiger partial charge in [-0.2, -0.15) is 5.10 Å². The number of aromatic nitrogens is 2. The third kappa shape index (κ3) is 5.18. The molecule has 8 heteroatoms. The molecule has 0 aliphatic carbocycles. The SMILES string of the molecule is Cc1nn(CCNS(=O)(=O)CCOc2ccccc2)c(C)c1-c1cccs1. The van der Waals surface area contributed by atoms with Gasteiger partial charge in [0.2, 0.25) is 10.0 Å². The second-order valence-electron chi connectivity index (χ2n) is 6.12. The van der Waals surface area contributed by atoms with Crippen LogP contribution in [0.4, 0.5) is 0 Å². The number of para-hydroxylation sites is 1. The highest BCUT2D eigenvalue weighted by atomic mass is 32.2. The molecule has 2 aromatic heterocycles. The molecule has 27 heavy (non-hydrogen) atoms. The molecule has 1 N–H and O–H groups in total. The number of sulfonamides is 1. The van der Waals surface area contributed by atoms with Crippen LogP contribution < -0.4 is 9.46 Å². The maximum atomic E-state index is 12.1. The zero-order valence-electron chi connectivity index (χ0n) is 15.4.